The average molecular weight is 517 g/mol. The number of anilines is 2. The largest absolute Gasteiger partial charge is 0.444 e. The third kappa shape index (κ3) is 7.83. The van der Waals surface area contributed by atoms with Crippen LogP contribution in [0.2, 0.25) is 0 Å². The van der Waals surface area contributed by atoms with E-state index >= 15 is 0 Å². The normalized spacial score (nSPS) is 10.3. The molecule has 182 valence electrons. The second-order valence-electron chi connectivity index (χ2n) is 7.53. The van der Waals surface area contributed by atoms with E-state index in [0.29, 0.717) is 11.4 Å². The molecule has 0 saturated carbocycles. The first kappa shape index (κ1) is 25.2. The number of nitrogens with one attached hydrogen (secondary N) is 2. The van der Waals surface area contributed by atoms with Crippen molar-refractivity contribution in [2.24, 2.45) is 0 Å². The van der Waals surface area contributed by atoms with E-state index in [1.54, 1.807) is 0 Å². The summed E-state index contributed by atoms with van der Waals surface area (Å²) in [5.41, 5.74) is 3.11. The number of benzene rings is 4. The van der Waals surface area contributed by atoms with Gasteiger partial charge in [0.15, 0.2) is 0 Å². The Kier molecular flexibility index (Phi) is 9.30. The minimum absolute atomic E-state index is 0.191. The van der Waals surface area contributed by atoms with Crippen LogP contribution in [0.1, 0.15) is 11.1 Å². The van der Waals surface area contributed by atoms with Crippen molar-refractivity contribution >= 4 is 45.1 Å². The van der Waals surface area contributed by atoms with Gasteiger partial charge in [-0.2, -0.15) is 0 Å². The lowest BCUT2D eigenvalue weighted by molar-refractivity contribution is 0.154. The summed E-state index contributed by atoms with van der Waals surface area (Å²) in [7, 11) is 2.92. The molecule has 0 aliphatic carbocycles. The maximum absolute atomic E-state index is 12.3. The van der Waals surface area contributed by atoms with Gasteiger partial charge >= 0.3 is 12.2 Å². The molecule has 4 aromatic rings. The molecule has 0 radical (unpaired) electrons. The molecule has 0 spiro atoms. The fourth-order valence-corrected chi connectivity index (χ4v) is 5.39. The number of amides is 2. The van der Waals surface area contributed by atoms with Crippen molar-refractivity contribution in [3.8, 4) is 0 Å². The van der Waals surface area contributed by atoms with Gasteiger partial charge in [0.2, 0.25) is 0 Å². The van der Waals surface area contributed by atoms with Crippen LogP contribution in [0.5, 0.6) is 0 Å². The molecule has 36 heavy (non-hydrogen) atoms. The van der Waals surface area contributed by atoms with Gasteiger partial charge in [-0.05, 0) is 35.4 Å². The van der Waals surface area contributed by atoms with Crippen LogP contribution in [-0.2, 0) is 22.7 Å². The molecule has 0 aliphatic rings. The van der Waals surface area contributed by atoms with Gasteiger partial charge in [-0.15, -0.1) is 0 Å². The maximum atomic E-state index is 12.3. The Labute approximate surface area is 217 Å². The third-order valence-corrected chi connectivity index (χ3v) is 7.38. The highest BCUT2D eigenvalue weighted by Crippen LogP contribution is 2.43. The van der Waals surface area contributed by atoms with E-state index < -0.39 is 12.2 Å². The Morgan fingerprint density at radius 3 is 1.31 bits per heavy atom. The van der Waals surface area contributed by atoms with Crippen LogP contribution < -0.4 is 10.6 Å². The second kappa shape index (κ2) is 13.3. The number of ether oxygens (including phenoxy) is 2. The average Bonchev–Trinajstić information content (AvgIpc) is 2.92. The lowest BCUT2D eigenvalue weighted by Crippen LogP contribution is -2.14. The molecule has 0 fully saturated rings. The first-order valence-electron chi connectivity index (χ1n) is 11.2. The van der Waals surface area contributed by atoms with Crippen LogP contribution in [0.4, 0.5) is 21.0 Å². The number of rotatable bonds is 9. The molecule has 4 aromatic carbocycles. The van der Waals surface area contributed by atoms with Crippen LogP contribution in [-0.4, -0.2) is 12.2 Å². The van der Waals surface area contributed by atoms with Gasteiger partial charge in [-0.25, -0.2) is 9.59 Å². The zero-order chi connectivity index (χ0) is 25.0. The molecule has 2 amide bonds. The number of hydrogen-bond acceptors (Lipinski definition) is 6. The van der Waals surface area contributed by atoms with E-state index in [2.05, 4.69) is 10.6 Å². The Hall–Kier alpha value is -3.88. The minimum atomic E-state index is -0.528. The van der Waals surface area contributed by atoms with E-state index in [1.165, 1.54) is 21.6 Å². The highest BCUT2D eigenvalue weighted by atomic mass is 33.1. The quantitative estimate of drug-likeness (QED) is 0.220. The molecular formula is C28H24N2O4S2. The number of hydrogen-bond donors (Lipinski definition) is 2. The van der Waals surface area contributed by atoms with E-state index in [0.717, 1.165) is 20.9 Å². The fourth-order valence-electron chi connectivity index (χ4n) is 3.11. The Bertz CT molecular complexity index is 1190. The van der Waals surface area contributed by atoms with Crippen LogP contribution in [0.15, 0.2) is 119 Å². The molecule has 0 atom stereocenters. The molecule has 8 heteroatoms. The monoisotopic (exact) mass is 516 g/mol. The number of para-hydroxylation sites is 2. The van der Waals surface area contributed by atoms with Crippen molar-refractivity contribution in [1.82, 2.24) is 0 Å². The van der Waals surface area contributed by atoms with E-state index in [1.807, 2.05) is 109 Å². The van der Waals surface area contributed by atoms with Gasteiger partial charge in [0.05, 0.1) is 11.4 Å². The molecule has 2 N–H and O–H groups in total. The Morgan fingerprint density at radius 1 is 0.528 bits per heavy atom. The van der Waals surface area contributed by atoms with Crippen molar-refractivity contribution in [1.29, 1.82) is 0 Å². The molecule has 0 unspecified atom stereocenters. The fraction of sp³-hybridized carbons (Fsp3) is 0.0714. The lowest BCUT2D eigenvalue weighted by atomic mass is 10.2. The van der Waals surface area contributed by atoms with Gasteiger partial charge < -0.3 is 9.47 Å². The zero-order valence-corrected chi connectivity index (χ0v) is 20.9. The van der Waals surface area contributed by atoms with Crippen molar-refractivity contribution in [3.63, 3.8) is 0 Å². The highest BCUT2D eigenvalue weighted by molar-refractivity contribution is 8.76. The standard InChI is InChI=1S/C28H24N2O4S2/c31-27(33-19-21-11-3-1-4-12-21)29-23-15-7-9-17-25(23)35-36-26-18-10-8-16-24(26)30-28(32)34-20-22-13-5-2-6-14-22/h1-18H,19-20H2,(H,29,31)(H,30,32). The second-order valence-corrected chi connectivity index (χ2v) is 9.75. The molecule has 4 rings (SSSR count). The molecule has 0 heterocycles. The molecule has 0 saturated heterocycles. The predicted octanol–water partition coefficient (Wildman–Crippen LogP) is 7.98. The maximum Gasteiger partial charge on any atom is 0.411 e. The Morgan fingerprint density at radius 2 is 0.889 bits per heavy atom. The Balaban J connectivity index is 1.33. The van der Waals surface area contributed by atoms with Crippen molar-refractivity contribution in [3.05, 3.63) is 120 Å². The summed E-state index contributed by atoms with van der Waals surface area (Å²) in [6.07, 6.45) is -1.06. The van der Waals surface area contributed by atoms with Crippen LogP contribution >= 0.6 is 21.6 Å². The molecular weight excluding hydrogens is 492 g/mol. The molecule has 0 aliphatic heterocycles. The summed E-state index contributed by atoms with van der Waals surface area (Å²) in [6, 6.07) is 34.0. The zero-order valence-electron chi connectivity index (χ0n) is 19.3. The molecule has 0 bridgehead atoms. The van der Waals surface area contributed by atoms with Crippen molar-refractivity contribution in [2.45, 2.75) is 23.0 Å². The summed E-state index contributed by atoms with van der Waals surface area (Å²) >= 11 is 0. The van der Waals surface area contributed by atoms with E-state index in [-0.39, 0.29) is 13.2 Å². The summed E-state index contributed by atoms with van der Waals surface area (Å²) < 4.78 is 10.7. The van der Waals surface area contributed by atoms with Gasteiger partial charge in [-0.1, -0.05) is 107 Å². The first-order valence-corrected chi connectivity index (χ1v) is 13.3. The van der Waals surface area contributed by atoms with Gasteiger partial charge in [-0.3, -0.25) is 10.6 Å². The number of carbonyl (C=O) groups is 2. The SMILES string of the molecule is O=C(Nc1ccccc1SSc1ccccc1NC(=O)OCc1ccccc1)OCc1ccccc1. The summed E-state index contributed by atoms with van der Waals surface area (Å²) in [4.78, 5) is 26.4. The minimum Gasteiger partial charge on any atom is -0.444 e. The highest BCUT2D eigenvalue weighted by Gasteiger charge is 2.12. The first-order chi connectivity index (χ1) is 17.7. The van der Waals surface area contributed by atoms with E-state index in [9.17, 15) is 9.59 Å². The van der Waals surface area contributed by atoms with Gasteiger partial charge in [0.1, 0.15) is 13.2 Å². The van der Waals surface area contributed by atoms with Gasteiger partial charge in [0, 0.05) is 9.79 Å². The lowest BCUT2D eigenvalue weighted by Gasteiger charge is -2.13. The van der Waals surface area contributed by atoms with Crippen LogP contribution in [0.25, 0.3) is 0 Å². The van der Waals surface area contributed by atoms with Crippen molar-refractivity contribution in [2.75, 3.05) is 10.6 Å². The summed E-state index contributed by atoms with van der Waals surface area (Å²) in [6.45, 7) is 0.381. The molecule has 0 aromatic heterocycles. The summed E-state index contributed by atoms with van der Waals surface area (Å²) in [5.74, 6) is 0. The summed E-state index contributed by atoms with van der Waals surface area (Å²) in [5, 5.41) is 5.62. The third-order valence-electron chi connectivity index (χ3n) is 4.89. The predicted molar refractivity (Wildman–Crippen MR) is 145 cm³/mol. The van der Waals surface area contributed by atoms with Crippen LogP contribution in [0, 0.1) is 0 Å². The topological polar surface area (TPSA) is 76.7 Å². The van der Waals surface area contributed by atoms with Crippen molar-refractivity contribution < 1.29 is 19.1 Å². The number of carbonyl (C=O) groups excluding carboxylic acids is 2. The molecule has 6 nitrogen and oxygen atoms in total. The smallest absolute Gasteiger partial charge is 0.411 e. The van der Waals surface area contributed by atoms with Crippen LogP contribution in [0.3, 0.4) is 0 Å². The van der Waals surface area contributed by atoms with Gasteiger partial charge in [0.25, 0.3) is 0 Å². The van der Waals surface area contributed by atoms with E-state index in [4.69, 9.17) is 9.47 Å².